The highest BCUT2D eigenvalue weighted by Gasteiger charge is 2.36. The summed E-state index contributed by atoms with van der Waals surface area (Å²) in [6.45, 7) is 1.89. The fourth-order valence-corrected chi connectivity index (χ4v) is 4.86. The van der Waals surface area contributed by atoms with E-state index in [9.17, 15) is 22.8 Å². The third-order valence-electron chi connectivity index (χ3n) is 6.75. The van der Waals surface area contributed by atoms with Crippen molar-refractivity contribution in [3.05, 3.63) is 87.0 Å². The van der Waals surface area contributed by atoms with Crippen LogP contribution in [0.15, 0.2) is 64.4 Å². The summed E-state index contributed by atoms with van der Waals surface area (Å²) in [6, 6.07) is 12.1. The summed E-state index contributed by atoms with van der Waals surface area (Å²) in [6.07, 6.45) is -1.98. The van der Waals surface area contributed by atoms with Crippen LogP contribution < -0.4 is 21.5 Å². The predicted octanol–water partition coefficient (Wildman–Crippen LogP) is 2.98. The number of nitriles is 1. The lowest BCUT2D eigenvalue weighted by molar-refractivity contribution is -0.137. The number of anilines is 1. The minimum atomic E-state index is -4.70. The maximum atomic E-state index is 14.3. The Morgan fingerprint density at radius 3 is 2.48 bits per heavy atom. The Morgan fingerprint density at radius 2 is 1.77 bits per heavy atom. The summed E-state index contributed by atoms with van der Waals surface area (Å²) in [5, 5.41) is 12.1. The Bertz CT molecular complexity index is 1940. The molecule has 10 nitrogen and oxygen atoms in total. The number of H-pyrrole nitrogens is 1. The molecule has 1 aliphatic heterocycles. The third-order valence-corrected chi connectivity index (χ3v) is 6.75. The van der Waals surface area contributed by atoms with E-state index in [1.807, 2.05) is 6.07 Å². The molecule has 0 amide bonds. The van der Waals surface area contributed by atoms with Gasteiger partial charge in [-0.3, -0.25) is 19.3 Å². The highest BCUT2D eigenvalue weighted by molar-refractivity contribution is 6.01. The van der Waals surface area contributed by atoms with E-state index in [0.717, 1.165) is 10.6 Å². The maximum Gasteiger partial charge on any atom is 0.418 e. The molecule has 0 saturated carbocycles. The van der Waals surface area contributed by atoms with Crippen LogP contribution >= 0.6 is 0 Å². The second-order valence-electron chi connectivity index (χ2n) is 9.16. The van der Waals surface area contributed by atoms with Crippen molar-refractivity contribution in [1.29, 1.82) is 5.26 Å². The summed E-state index contributed by atoms with van der Waals surface area (Å²) >= 11 is 0. The molecule has 0 aliphatic carbocycles. The summed E-state index contributed by atoms with van der Waals surface area (Å²) in [7, 11) is 0. The summed E-state index contributed by atoms with van der Waals surface area (Å²) < 4.78 is 43.9. The van der Waals surface area contributed by atoms with Gasteiger partial charge in [-0.2, -0.15) is 18.4 Å². The quantitative estimate of drug-likeness (QED) is 0.332. The first-order chi connectivity index (χ1) is 19.2. The van der Waals surface area contributed by atoms with Crippen LogP contribution in [-0.4, -0.2) is 50.7 Å². The van der Waals surface area contributed by atoms with Crippen molar-refractivity contribution in [2.75, 3.05) is 31.1 Å². The zero-order valence-corrected chi connectivity index (χ0v) is 20.7. The molecule has 13 heteroatoms. The van der Waals surface area contributed by atoms with Crippen LogP contribution in [0, 0.1) is 11.3 Å². The highest BCUT2D eigenvalue weighted by atomic mass is 19.4. The van der Waals surface area contributed by atoms with Crippen LogP contribution in [0.5, 0.6) is 0 Å². The number of nitrogens with one attached hydrogen (secondary N) is 2. The van der Waals surface area contributed by atoms with Crippen molar-refractivity contribution >= 4 is 27.6 Å². The number of alkyl halides is 3. The molecule has 6 rings (SSSR count). The van der Waals surface area contributed by atoms with Gasteiger partial charge in [0, 0.05) is 49.8 Å². The standard InChI is InChI=1S/C27H19F3N8O2/c28-27(29,30)19-11-17(3-6-22(19)37-9-7-32-8-10-37)38-24-18(25(39)36-26(38)40)14-34-21-5-4-20(35-23(21)24)15-1-2-16(12-31)33-13-15/h1-6,11,13-14,32H,7-10H2,(H,36,39,40). The summed E-state index contributed by atoms with van der Waals surface area (Å²) in [5.74, 6) is 0. The molecule has 40 heavy (non-hydrogen) atoms. The molecule has 5 aromatic rings. The average Bonchev–Trinajstić information content (AvgIpc) is 2.96. The topological polar surface area (TPSA) is 133 Å². The smallest absolute Gasteiger partial charge is 0.368 e. The van der Waals surface area contributed by atoms with E-state index in [-0.39, 0.29) is 33.5 Å². The van der Waals surface area contributed by atoms with Gasteiger partial charge in [0.1, 0.15) is 17.3 Å². The van der Waals surface area contributed by atoms with E-state index in [1.165, 1.54) is 30.6 Å². The number of pyridine rings is 3. The van der Waals surface area contributed by atoms with Gasteiger partial charge in [0.05, 0.1) is 33.4 Å². The van der Waals surface area contributed by atoms with Gasteiger partial charge >= 0.3 is 11.9 Å². The van der Waals surface area contributed by atoms with Crippen LogP contribution in [0.25, 0.3) is 38.9 Å². The molecule has 1 saturated heterocycles. The number of rotatable bonds is 3. The Morgan fingerprint density at radius 1 is 0.975 bits per heavy atom. The Hall–Kier alpha value is -5.09. The molecule has 0 radical (unpaired) electrons. The fraction of sp³-hybridized carbons (Fsp3) is 0.185. The van der Waals surface area contributed by atoms with Gasteiger partial charge < -0.3 is 10.2 Å². The molecule has 1 aromatic carbocycles. The first-order valence-corrected chi connectivity index (χ1v) is 12.2. The van der Waals surface area contributed by atoms with Crippen LogP contribution in [0.3, 0.4) is 0 Å². The minimum absolute atomic E-state index is 0.0137. The highest BCUT2D eigenvalue weighted by Crippen LogP contribution is 2.38. The van der Waals surface area contributed by atoms with E-state index < -0.39 is 23.0 Å². The van der Waals surface area contributed by atoms with Gasteiger partial charge in [-0.1, -0.05) is 0 Å². The van der Waals surface area contributed by atoms with E-state index in [2.05, 4.69) is 25.3 Å². The van der Waals surface area contributed by atoms with E-state index in [1.54, 1.807) is 23.1 Å². The van der Waals surface area contributed by atoms with Crippen molar-refractivity contribution in [3.8, 4) is 23.0 Å². The minimum Gasteiger partial charge on any atom is -0.368 e. The van der Waals surface area contributed by atoms with Crippen LogP contribution in [-0.2, 0) is 6.18 Å². The molecule has 1 aliphatic rings. The molecule has 2 N–H and O–H groups in total. The Kier molecular flexibility index (Phi) is 6.04. The molecule has 4 aromatic heterocycles. The van der Waals surface area contributed by atoms with Crippen molar-refractivity contribution < 1.29 is 13.2 Å². The number of hydrogen-bond donors (Lipinski definition) is 2. The molecule has 1 fully saturated rings. The third kappa shape index (κ3) is 4.34. The zero-order valence-electron chi connectivity index (χ0n) is 20.7. The van der Waals surface area contributed by atoms with Crippen LogP contribution in [0.2, 0.25) is 0 Å². The fourth-order valence-electron chi connectivity index (χ4n) is 4.86. The second-order valence-corrected chi connectivity index (χ2v) is 9.16. The molecule has 0 unspecified atom stereocenters. The molecular formula is C27H19F3N8O2. The first-order valence-electron chi connectivity index (χ1n) is 12.2. The van der Waals surface area contributed by atoms with Crippen molar-refractivity contribution in [1.82, 2.24) is 29.8 Å². The molecular weight excluding hydrogens is 525 g/mol. The summed E-state index contributed by atoms with van der Waals surface area (Å²) in [4.78, 5) is 42.7. The Balaban J connectivity index is 1.62. The largest absolute Gasteiger partial charge is 0.418 e. The zero-order chi connectivity index (χ0) is 28.0. The molecule has 5 heterocycles. The first kappa shape index (κ1) is 25.2. The van der Waals surface area contributed by atoms with Crippen molar-refractivity contribution in [2.45, 2.75) is 6.18 Å². The normalized spacial score (nSPS) is 14.0. The molecule has 200 valence electrons. The van der Waals surface area contributed by atoms with E-state index in [4.69, 9.17) is 5.26 Å². The number of aromatic nitrogens is 5. The second kappa shape index (κ2) is 9.58. The van der Waals surface area contributed by atoms with Gasteiger partial charge in [0.15, 0.2) is 0 Å². The average molecular weight is 544 g/mol. The van der Waals surface area contributed by atoms with Crippen LogP contribution in [0.1, 0.15) is 11.3 Å². The number of halogens is 3. The molecule has 0 spiro atoms. The van der Waals surface area contributed by atoms with Gasteiger partial charge in [-0.05, 0) is 42.5 Å². The van der Waals surface area contributed by atoms with Crippen molar-refractivity contribution in [3.63, 3.8) is 0 Å². The number of hydrogen-bond acceptors (Lipinski definition) is 8. The van der Waals surface area contributed by atoms with Crippen LogP contribution in [0.4, 0.5) is 18.9 Å². The SMILES string of the molecule is N#Cc1ccc(-c2ccc3ncc4c(=O)[nH]c(=O)n(-c5ccc(N6CCNCC6)c(C(F)(F)F)c5)c4c3n2)cn1. The molecule has 0 atom stereocenters. The number of piperazine rings is 1. The number of aromatic amines is 1. The number of benzene rings is 1. The van der Waals surface area contributed by atoms with Gasteiger partial charge in [-0.25, -0.2) is 14.8 Å². The van der Waals surface area contributed by atoms with Gasteiger partial charge in [0.2, 0.25) is 0 Å². The predicted molar refractivity (Wildman–Crippen MR) is 141 cm³/mol. The van der Waals surface area contributed by atoms with E-state index >= 15 is 0 Å². The lowest BCUT2D eigenvalue weighted by Crippen LogP contribution is -2.44. The van der Waals surface area contributed by atoms with Crippen molar-refractivity contribution in [2.24, 2.45) is 0 Å². The summed E-state index contributed by atoms with van der Waals surface area (Å²) in [5.41, 5.74) is -0.976. The van der Waals surface area contributed by atoms with E-state index in [0.29, 0.717) is 43.0 Å². The number of fused-ring (bicyclic) bond motifs is 3. The lowest BCUT2D eigenvalue weighted by atomic mass is 10.1. The lowest BCUT2D eigenvalue weighted by Gasteiger charge is -2.31. The Labute approximate surface area is 223 Å². The van der Waals surface area contributed by atoms with Gasteiger partial charge in [-0.15, -0.1) is 0 Å². The number of nitrogens with zero attached hydrogens (tertiary/aromatic N) is 6. The molecule has 0 bridgehead atoms. The van der Waals surface area contributed by atoms with Gasteiger partial charge in [0.25, 0.3) is 5.56 Å². The maximum absolute atomic E-state index is 14.3. The monoisotopic (exact) mass is 544 g/mol.